The van der Waals surface area contributed by atoms with Crippen molar-refractivity contribution in [2.24, 2.45) is 0 Å². The number of aromatic nitrogens is 2. The fraction of sp³-hybridized carbons (Fsp3) is 0.556. The Balaban J connectivity index is 2.18. The standard InChI is InChI=1S/C9H13N3O2/c1-14-9(13)5-12-6-11-7-2-3-10-4-8(7)12/h6,10H,2-5H2,1H3. The van der Waals surface area contributed by atoms with E-state index in [1.54, 1.807) is 6.33 Å². The zero-order chi connectivity index (χ0) is 9.97. The molecule has 0 bridgehead atoms. The van der Waals surface area contributed by atoms with Crippen molar-refractivity contribution in [2.75, 3.05) is 13.7 Å². The molecule has 2 rings (SSSR count). The normalized spacial score (nSPS) is 14.9. The number of imidazole rings is 1. The van der Waals surface area contributed by atoms with Crippen LogP contribution < -0.4 is 5.32 Å². The molecule has 0 amide bonds. The fourth-order valence-electron chi connectivity index (χ4n) is 1.62. The van der Waals surface area contributed by atoms with Crippen LogP contribution in [0.1, 0.15) is 11.4 Å². The van der Waals surface area contributed by atoms with Crippen molar-refractivity contribution in [3.8, 4) is 0 Å². The molecule has 0 unspecified atom stereocenters. The van der Waals surface area contributed by atoms with Crippen LogP contribution in [0.15, 0.2) is 6.33 Å². The van der Waals surface area contributed by atoms with E-state index in [2.05, 4.69) is 15.0 Å². The molecular formula is C9H13N3O2. The van der Waals surface area contributed by atoms with Gasteiger partial charge in [-0.15, -0.1) is 0 Å². The van der Waals surface area contributed by atoms with Crippen LogP contribution in [0.5, 0.6) is 0 Å². The van der Waals surface area contributed by atoms with Gasteiger partial charge in [0.1, 0.15) is 6.54 Å². The number of carbonyl (C=O) groups excluding carboxylic acids is 1. The quantitative estimate of drug-likeness (QED) is 0.658. The first-order valence-corrected chi connectivity index (χ1v) is 4.61. The topological polar surface area (TPSA) is 56.2 Å². The maximum absolute atomic E-state index is 11.1. The van der Waals surface area contributed by atoms with Crippen LogP contribution >= 0.6 is 0 Å². The molecule has 0 radical (unpaired) electrons. The zero-order valence-corrected chi connectivity index (χ0v) is 8.12. The zero-order valence-electron chi connectivity index (χ0n) is 8.12. The molecule has 1 N–H and O–H groups in total. The third-order valence-electron chi connectivity index (χ3n) is 2.39. The lowest BCUT2D eigenvalue weighted by Crippen LogP contribution is -2.26. The first-order valence-electron chi connectivity index (χ1n) is 4.61. The van der Waals surface area contributed by atoms with E-state index in [0.717, 1.165) is 30.9 Å². The van der Waals surface area contributed by atoms with E-state index in [1.165, 1.54) is 7.11 Å². The second kappa shape index (κ2) is 3.79. The Bertz CT molecular complexity index is 346. The summed E-state index contributed by atoms with van der Waals surface area (Å²) >= 11 is 0. The lowest BCUT2D eigenvalue weighted by atomic mass is 10.2. The average Bonchev–Trinajstić information content (AvgIpc) is 2.62. The highest BCUT2D eigenvalue weighted by Crippen LogP contribution is 2.11. The SMILES string of the molecule is COC(=O)Cn1cnc2c1CNCC2. The lowest BCUT2D eigenvalue weighted by molar-refractivity contribution is -0.141. The molecule has 0 spiro atoms. The fourth-order valence-corrected chi connectivity index (χ4v) is 1.62. The van der Waals surface area contributed by atoms with Gasteiger partial charge < -0.3 is 14.6 Å². The lowest BCUT2D eigenvalue weighted by Gasteiger charge is -2.14. The Hall–Kier alpha value is -1.36. The van der Waals surface area contributed by atoms with Gasteiger partial charge in [0.05, 0.1) is 24.8 Å². The molecule has 0 aromatic carbocycles. The van der Waals surface area contributed by atoms with Gasteiger partial charge in [0.25, 0.3) is 0 Å². The Kier molecular flexibility index (Phi) is 2.49. The van der Waals surface area contributed by atoms with Gasteiger partial charge in [0, 0.05) is 19.5 Å². The molecule has 5 nitrogen and oxygen atoms in total. The third-order valence-corrected chi connectivity index (χ3v) is 2.39. The van der Waals surface area contributed by atoms with Gasteiger partial charge in [0.2, 0.25) is 0 Å². The highest BCUT2D eigenvalue weighted by molar-refractivity contribution is 5.69. The smallest absolute Gasteiger partial charge is 0.325 e. The molecule has 5 heteroatoms. The Morgan fingerprint density at radius 3 is 3.43 bits per heavy atom. The summed E-state index contributed by atoms with van der Waals surface area (Å²) < 4.78 is 6.45. The van der Waals surface area contributed by atoms with E-state index in [1.807, 2.05) is 4.57 Å². The van der Waals surface area contributed by atoms with Crippen LogP contribution in [0.3, 0.4) is 0 Å². The number of hydrogen-bond acceptors (Lipinski definition) is 4. The predicted molar refractivity (Wildman–Crippen MR) is 49.7 cm³/mol. The minimum absolute atomic E-state index is 0.240. The summed E-state index contributed by atoms with van der Waals surface area (Å²) in [7, 11) is 1.39. The number of nitrogens with zero attached hydrogens (tertiary/aromatic N) is 2. The molecule has 1 aliphatic rings. The van der Waals surface area contributed by atoms with Crippen molar-refractivity contribution < 1.29 is 9.53 Å². The van der Waals surface area contributed by atoms with Crippen molar-refractivity contribution in [2.45, 2.75) is 19.5 Å². The van der Waals surface area contributed by atoms with Crippen LogP contribution in [-0.2, 0) is 29.0 Å². The van der Waals surface area contributed by atoms with Gasteiger partial charge >= 0.3 is 5.97 Å². The largest absolute Gasteiger partial charge is 0.468 e. The van der Waals surface area contributed by atoms with Crippen molar-refractivity contribution in [3.05, 3.63) is 17.7 Å². The first-order chi connectivity index (χ1) is 6.81. The van der Waals surface area contributed by atoms with Crippen LogP contribution in [0.2, 0.25) is 0 Å². The van der Waals surface area contributed by atoms with Crippen LogP contribution in [0.25, 0.3) is 0 Å². The molecule has 0 saturated carbocycles. The van der Waals surface area contributed by atoms with Crippen molar-refractivity contribution >= 4 is 5.97 Å². The summed E-state index contributed by atoms with van der Waals surface area (Å²) in [6.45, 7) is 2.00. The molecule has 0 fully saturated rings. The van der Waals surface area contributed by atoms with Gasteiger partial charge in [-0.3, -0.25) is 4.79 Å². The second-order valence-corrected chi connectivity index (χ2v) is 3.27. The summed E-state index contributed by atoms with van der Waals surface area (Å²) in [5, 5.41) is 3.25. The maximum Gasteiger partial charge on any atom is 0.325 e. The summed E-state index contributed by atoms with van der Waals surface area (Å²) in [6.07, 6.45) is 2.64. The Morgan fingerprint density at radius 2 is 2.64 bits per heavy atom. The van der Waals surface area contributed by atoms with Crippen molar-refractivity contribution in [1.82, 2.24) is 14.9 Å². The summed E-state index contributed by atoms with van der Waals surface area (Å²) in [5.74, 6) is -0.240. The number of ether oxygens (including phenoxy) is 1. The number of nitrogens with one attached hydrogen (secondary N) is 1. The van der Waals surface area contributed by atoms with E-state index in [4.69, 9.17) is 0 Å². The first kappa shape index (κ1) is 9.21. The predicted octanol–water partition coefficient (Wildman–Crippen LogP) is -0.298. The van der Waals surface area contributed by atoms with Gasteiger partial charge in [-0.25, -0.2) is 4.98 Å². The van der Waals surface area contributed by atoms with Crippen LogP contribution in [-0.4, -0.2) is 29.2 Å². The van der Waals surface area contributed by atoms with E-state index in [9.17, 15) is 4.79 Å². The number of hydrogen-bond donors (Lipinski definition) is 1. The Morgan fingerprint density at radius 1 is 1.79 bits per heavy atom. The van der Waals surface area contributed by atoms with Crippen molar-refractivity contribution in [1.29, 1.82) is 0 Å². The highest BCUT2D eigenvalue weighted by Gasteiger charge is 2.16. The van der Waals surface area contributed by atoms with E-state index < -0.39 is 0 Å². The number of carbonyl (C=O) groups is 1. The number of methoxy groups -OCH3 is 1. The minimum Gasteiger partial charge on any atom is -0.468 e. The molecule has 1 aromatic rings. The maximum atomic E-state index is 11.1. The monoisotopic (exact) mass is 195 g/mol. The highest BCUT2D eigenvalue weighted by atomic mass is 16.5. The third kappa shape index (κ3) is 1.63. The Labute approximate surface area is 82.1 Å². The minimum atomic E-state index is -0.240. The molecule has 0 saturated heterocycles. The van der Waals surface area contributed by atoms with Crippen molar-refractivity contribution in [3.63, 3.8) is 0 Å². The molecule has 0 aliphatic carbocycles. The molecule has 2 heterocycles. The van der Waals surface area contributed by atoms with E-state index in [0.29, 0.717) is 0 Å². The number of rotatable bonds is 2. The molecule has 0 atom stereocenters. The molecular weight excluding hydrogens is 182 g/mol. The summed E-state index contributed by atoms with van der Waals surface area (Å²) in [4.78, 5) is 15.3. The number of fused-ring (bicyclic) bond motifs is 1. The molecule has 1 aromatic heterocycles. The van der Waals surface area contributed by atoms with Crippen LogP contribution in [0.4, 0.5) is 0 Å². The molecule has 14 heavy (non-hydrogen) atoms. The van der Waals surface area contributed by atoms with Gasteiger partial charge in [-0.1, -0.05) is 0 Å². The van der Waals surface area contributed by atoms with Crippen LogP contribution in [0, 0.1) is 0 Å². The van der Waals surface area contributed by atoms with Gasteiger partial charge in [0.15, 0.2) is 0 Å². The van der Waals surface area contributed by atoms with E-state index >= 15 is 0 Å². The van der Waals surface area contributed by atoms with Gasteiger partial charge in [-0.2, -0.15) is 0 Å². The molecule has 1 aliphatic heterocycles. The van der Waals surface area contributed by atoms with Gasteiger partial charge in [-0.05, 0) is 0 Å². The summed E-state index contributed by atoms with van der Waals surface area (Å²) in [5.41, 5.74) is 2.19. The summed E-state index contributed by atoms with van der Waals surface area (Å²) in [6, 6.07) is 0. The average molecular weight is 195 g/mol. The molecule has 76 valence electrons. The van der Waals surface area contributed by atoms with E-state index in [-0.39, 0.29) is 12.5 Å². The second-order valence-electron chi connectivity index (χ2n) is 3.27. The number of esters is 1.